The molecule has 4 saturated carbocycles. The fourth-order valence-corrected chi connectivity index (χ4v) is 11.2. The maximum absolute atomic E-state index is 13.5. The van der Waals surface area contributed by atoms with Crippen molar-refractivity contribution in [2.24, 2.45) is 46.3 Å². The molecule has 2 aromatic rings. The molecule has 6 rings (SSSR count). The van der Waals surface area contributed by atoms with Gasteiger partial charge in [0.1, 0.15) is 11.9 Å². The third-order valence-electron chi connectivity index (χ3n) is 13.6. The summed E-state index contributed by atoms with van der Waals surface area (Å²) in [6.07, 6.45) is 10.0. The Bertz CT molecular complexity index is 1330. The summed E-state index contributed by atoms with van der Waals surface area (Å²) in [4.78, 5) is 17.0. The smallest absolute Gasteiger partial charge is 0.389 e. The van der Waals surface area contributed by atoms with Gasteiger partial charge in [-0.2, -0.15) is 13.2 Å². The first-order valence-electron chi connectivity index (χ1n) is 17.7. The molecule has 252 valence electrons. The number of halogens is 3. The van der Waals surface area contributed by atoms with Crippen molar-refractivity contribution < 1.29 is 27.4 Å². The lowest BCUT2D eigenvalue weighted by Gasteiger charge is -2.61. The molecule has 1 aromatic heterocycles. The molecule has 4 nitrogen and oxygen atoms in total. The normalized spacial score (nSPS) is 35.3. The average Bonchev–Trinajstić information content (AvgIpc) is 3.40. The van der Waals surface area contributed by atoms with Gasteiger partial charge in [-0.1, -0.05) is 20.8 Å². The van der Waals surface area contributed by atoms with Crippen LogP contribution < -0.4 is 4.74 Å². The molecule has 0 saturated heterocycles. The van der Waals surface area contributed by atoms with Crippen LogP contribution in [0.4, 0.5) is 13.2 Å². The van der Waals surface area contributed by atoms with Gasteiger partial charge < -0.3 is 9.47 Å². The van der Waals surface area contributed by atoms with Gasteiger partial charge in [0.15, 0.2) is 0 Å². The number of hydrogen-bond acceptors (Lipinski definition) is 4. The monoisotopic (exact) mass is 639 g/mol. The molecule has 1 heterocycles. The maximum atomic E-state index is 13.5. The lowest BCUT2D eigenvalue weighted by molar-refractivity contribution is -0.139. The Labute approximate surface area is 273 Å². The van der Waals surface area contributed by atoms with Gasteiger partial charge in [-0.25, -0.2) is 4.79 Å². The number of carbonyl (C=O) groups is 1. The number of nitrogens with zero attached hydrogens (tertiary/aromatic N) is 1. The van der Waals surface area contributed by atoms with Crippen molar-refractivity contribution in [3.8, 4) is 5.75 Å². The minimum Gasteiger partial charge on any atom is -0.497 e. The van der Waals surface area contributed by atoms with Crippen molar-refractivity contribution in [1.82, 2.24) is 4.98 Å². The van der Waals surface area contributed by atoms with Gasteiger partial charge >= 0.3 is 12.1 Å². The van der Waals surface area contributed by atoms with Gasteiger partial charge in [-0.05, 0) is 165 Å². The van der Waals surface area contributed by atoms with E-state index in [4.69, 9.17) is 9.47 Å². The lowest BCUT2D eigenvalue weighted by Crippen LogP contribution is -2.54. The number of aromatic nitrogens is 1. The number of rotatable bonds is 9. The molecule has 0 N–H and O–H groups in total. The van der Waals surface area contributed by atoms with E-state index in [-0.39, 0.29) is 22.9 Å². The standard InChI is InChI=1S/C39H52F3NO3/c1-25(5-6-28(24-39(40,41)42)26-17-21-43-22-18-26)33-13-14-34-32-12-9-29-23-31(46-36(44)27-7-10-30(45-4)11-8-27)15-19-37(29,2)35(32)16-20-38(33,34)3/h7-8,10-11,17-18,21-22,25,28-29,31-35H,5-6,9,12-16,19-20,23-24H2,1-4H3/t25-,28?,29?,31-,32+,33-,34+,35+,37+,38-/m1/s1. The zero-order chi connectivity index (χ0) is 32.7. The van der Waals surface area contributed by atoms with E-state index in [2.05, 4.69) is 25.8 Å². The minimum atomic E-state index is -4.17. The zero-order valence-electron chi connectivity index (χ0n) is 28.0. The van der Waals surface area contributed by atoms with E-state index in [1.54, 1.807) is 55.9 Å². The van der Waals surface area contributed by atoms with E-state index in [0.29, 0.717) is 41.6 Å². The van der Waals surface area contributed by atoms with Crippen molar-refractivity contribution in [2.75, 3.05) is 7.11 Å². The third-order valence-corrected chi connectivity index (χ3v) is 13.6. The second-order valence-corrected chi connectivity index (χ2v) is 15.8. The summed E-state index contributed by atoms with van der Waals surface area (Å²) in [7, 11) is 1.62. The Hall–Kier alpha value is -2.57. The second-order valence-electron chi connectivity index (χ2n) is 15.8. The van der Waals surface area contributed by atoms with Crippen LogP contribution in [0.5, 0.6) is 5.75 Å². The van der Waals surface area contributed by atoms with Crippen LogP contribution in [0.25, 0.3) is 0 Å². The van der Waals surface area contributed by atoms with Crippen LogP contribution in [0, 0.1) is 46.3 Å². The van der Waals surface area contributed by atoms with Crippen molar-refractivity contribution in [3.05, 3.63) is 59.9 Å². The van der Waals surface area contributed by atoms with Gasteiger partial charge in [-0.3, -0.25) is 4.98 Å². The molecule has 4 aliphatic rings. The largest absolute Gasteiger partial charge is 0.497 e. The fraction of sp³-hybridized carbons (Fsp3) is 0.692. The van der Waals surface area contributed by atoms with E-state index in [9.17, 15) is 18.0 Å². The highest BCUT2D eigenvalue weighted by Crippen LogP contribution is 2.68. The lowest BCUT2D eigenvalue weighted by atomic mass is 9.44. The summed E-state index contributed by atoms with van der Waals surface area (Å²) >= 11 is 0. The predicted molar refractivity (Wildman–Crippen MR) is 173 cm³/mol. The highest BCUT2D eigenvalue weighted by atomic mass is 19.4. The Morgan fingerprint density at radius 2 is 1.61 bits per heavy atom. The van der Waals surface area contributed by atoms with Gasteiger partial charge in [-0.15, -0.1) is 0 Å². The molecule has 0 aliphatic heterocycles. The number of methoxy groups -OCH3 is 1. The Kier molecular flexibility index (Phi) is 9.53. The summed E-state index contributed by atoms with van der Waals surface area (Å²) in [5.74, 6) is 3.67. The number of benzene rings is 1. The number of alkyl halides is 3. The molecular weight excluding hydrogens is 587 g/mol. The molecule has 0 amide bonds. The van der Waals surface area contributed by atoms with Crippen molar-refractivity contribution in [1.29, 1.82) is 0 Å². The predicted octanol–water partition coefficient (Wildman–Crippen LogP) is 10.4. The fourth-order valence-electron chi connectivity index (χ4n) is 11.2. The van der Waals surface area contributed by atoms with E-state index < -0.39 is 18.5 Å². The summed E-state index contributed by atoms with van der Waals surface area (Å²) in [6.45, 7) is 7.38. The maximum Gasteiger partial charge on any atom is 0.389 e. The first-order valence-corrected chi connectivity index (χ1v) is 17.7. The highest BCUT2D eigenvalue weighted by molar-refractivity contribution is 5.89. The van der Waals surface area contributed by atoms with Crippen LogP contribution in [-0.2, 0) is 4.74 Å². The van der Waals surface area contributed by atoms with Crippen molar-refractivity contribution >= 4 is 5.97 Å². The van der Waals surface area contributed by atoms with Crippen molar-refractivity contribution in [3.63, 3.8) is 0 Å². The summed E-state index contributed by atoms with van der Waals surface area (Å²) in [5, 5.41) is 0. The number of pyridine rings is 1. The Balaban J connectivity index is 1.07. The molecular formula is C39H52F3NO3. The van der Waals surface area contributed by atoms with E-state index in [1.165, 1.54) is 38.5 Å². The molecule has 46 heavy (non-hydrogen) atoms. The second kappa shape index (κ2) is 13.1. The van der Waals surface area contributed by atoms with Crippen LogP contribution in [-0.4, -0.2) is 30.3 Å². The molecule has 7 heteroatoms. The molecule has 1 aromatic carbocycles. The number of carbonyl (C=O) groups excluding carboxylic acids is 1. The topological polar surface area (TPSA) is 48.4 Å². The molecule has 0 bridgehead atoms. The Morgan fingerprint density at radius 1 is 0.913 bits per heavy atom. The average molecular weight is 640 g/mol. The molecule has 4 aliphatic carbocycles. The van der Waals surface area contributed by atoms with Crippen LogP contribution >= 0.6 is 0 Å². The molecule has 0 radical (unpaired) electrons. The quantitative estimate of drug-likeness (QED) is 0.256. The summed E-state index contributed by atoms with van der Waals surface area (Å²) < 4.78 is 51.9. The first kappa shape index (κ1) is 33.3. The Morgan fingerprint density at radius 3 is 2.30 bits per heavy atom. The molecule has 0 spiro atoms. The highest BCUT2D eigenvalue weighted by Gasteiger charge is 2.60. The molecule has 2 unspecified atom stereocenters. The number of fused-ring (bicyclic) bond motifs is 5. The van der Waals surface area contributed by atoms with Crippen LogP contribution in [0.1, 0.15) is 120 Å². The van der Waals surface area contributed by atoms with Crippen LogP contribution in [0.2, 0.25) is 0 Å². The van der Waals surface area contributed by atoms with Crippen LogP contribution in [0.15, 0.2) is 48.8 Å². The van der Waals surface area contributed by atoms with Gasteiger partial charge in [0.2, 0.25) is 0 Å². The third kappa shape index (κ3) is 6.58. The van der Waals surface area contributed by atoms with Crippen LogP contribution in [0.3, 0.4) is 0 Å². The van der Waals surface area contributed by atoms with Gasteiger partial charge in [0.25, 0.3) is 0 Å². The number of ether oxygens (including phenoxy) is 2. The summed E-state index contributed by atoms with van der Waals surface area (Å²) in [6, 6.07) is 10.7. The SMILES string of the molecule is COc1ccc(C(=O)O[C@@H]2CC[C@@]3(C)C(CC[C@H]4[C@@H]5CC[C@H]([C@H](C)CCC(CC(F)(F)F)c6ccncc6)[C@@]5(C)CC[C@@H]43)C2)cc1. The number of hydrogen-bond donors (Lipinski definition) is 0. The van der Waals surface area contributed by atoms with Gasteiger partial charge in [0, 0.05) is 12.4 Å². The summed E-state index contributed by atoms with van der Waals surface area (Å²) in [5.41, 5.74) is 1.88. The number of esters is 1. The molecule has 4 fully saturated rings. The zero-order valence-corrected chi connectivity index (χ0v) is 28.0. The van der Waals surface area contributed by atoms with E-state index in [1.807, 2.05) is 0 Å². The minimum absolute atomic E-state index is 0.0249. The van der Waals surface area contributed by atoms with E-state index >= 15 is 0 Å². The first-order chi connectivity index (χ1) is 21.9. The van der Waals surface area contributed by atoms with E-state index in [0.717, 1.165) is 42.9 Å². The van der Waals surface area contributed by atoms with Gasteiger partial charge in [0.05, 0.1) is 19.1 Å². The molecule has 10 atom stereocenters. The van der Waals surface area contributed by atoms with Crippen molar-refractivity contribution in [2.45, 2.75) is 116 Å².